The first-order valence-electron chi connectivity index (χ1n) is 6.28. The van der Waals surface area contributed by atoms with Gasteiger partial charge >= 0.3 is 0 Å². The molecule has 0 saturated carbocycles. The van der Waals surface area contributed by atoms with Gasteiger partial charge in [-0.25, -0.2) is 0 Å². The summed E-state index contributed by atoms with van der Waals surface area (Å²) in [4.78, 5) is 0. The molecule has 0 amide bonds. The Balaban J connectivity index is 2.10. The maximum absolute atomic E-state index is 10.1. The molecule has 0 aliphatic rings. The van der Waals surface area contributed by atoms with E-state index in [1.165, 1.54) is 5.56 Å². The molecule has 2 heteroatoms. The van der Waals surface area contributed by atoms with Crippen LogP contribution in [-0.2, 0) is 11.8 Å². The van der Waals surface area contributed by atoms with Crippen LogP contribution < -0.4 is 0 Å². The van der Waals surface area contributed by atoms with E-state index in [2.05, 4.69) is 32.9 Å². The van der Waals surface area contributed by atoms with Crippen molar-refractivity contribution in [3.63, 3.8) is 0 Å². The summed E-state index contributed by atoms with van der Waals surface area (Å²) in [6.07, 6.45) is 1.64. The zero-order chi connectivity index (χ0) is 13.2. The number of aliphatic hydroxyl groups is 1. The van der Waals surface area contributed by atoms with Crippen LogP contribution in [0.25, 0.3) is 0 Å². The quantitative estimate of drug-likeness (QED) is 0.889. The van der Waals surface area contributed by atoms with Crippen LogP contribution in [0.15, 0.2) is 47.1 Å². The maximum atomic E-state index is 10.1. The van der Waals surface area contributed by atoms with Crippen molar-refractivity contribution in [2.24, 2.45) is 0 Å². The highest BCUT2D eigenvalue weighted by molar-refractivity contribution is 5.29. The lowest BCUT2D eigenvalue weighted by Gasteiger charge is -2.20. The van der Waals surface area contributed by atoms with Gasteiger partial charge in [0.2, 0.25) is 0 Å². The van der Waals surface area contributed by atoms with Crippen LogP contribution in [0.1, 0.15) is 43.8 Å². The van der Waals surface area contributed by atoms with Crippen molar-refractivity contribution in [1.29, 1.82) is 0 Å². The van der Waals surface area contributed by atoms with Crippen LogP contribution in [-0.4, -0.2) is 5.11 Å². The third-order valence-corrected chi connectivity index (χ3v) is 3.14. The zero-order valence-electron chi connectivity index (χ0n) is 11.2. The summed E-state index contributed by atoms with van der Waals surface area (Å²) in [5, 5.41) is 10.1. The molecular formula is C16H20O2. The van der Waals surface area contributed by atoms with Crippen LogP contribution in [0.2, 0.25) is 0 Å². The highest BCUT2D eigenvalue weighted by atomic mass is 16.3. The molecule has 1 unspecified atom stereocenters. The van der Waals surface area contributed by atoms with Crippen molar-refractivity contribution in [3.05, 3.63) is 59.5 Å². The summed E-state index contributed by atoms with van der Waals surface area (Å²) in [5.74, 6) is 0.808. The van der Waals surface area contributed by atoms with E-state index in [0.717, 1.165) is 11.3 Å². The van der Waals surface area contributed by atoms with Gasteiger partial charge in [0.1, 0.15) is 5.76 Å². The van der Waals surface area contributed by atoms with Crippen LogP contribution in [0, 0.1) is 0 Å². The third kappa shape index (κ3) is 3.02. The van der Waals surface area contributed by atoms with Gasteiger partial charge in [0, 0.05) is 6.42 Å². The summed E-state index contributed by atoms with van der Waals surface area (Å²) >= 11 is 0. The monoisotopic (exact) mass is 244 g/mol. The molecule has 18 heavy (non-hydrogen) atoms. The molecule has 1 atom stereocenters. The van der Waals surface area contributed by atoms with Crippen molar-refractivity contribution >= 4 is 0 Å². The summed E-state index contributed by atoms with van der Waals surface area (Å²) in [6.45, 7) is 6.55. The number of aliphatic hydroxyl groups excluding tert-OH is 1. The van der Waals surface area contributed by atoms with Crippen LogP contribution in [0.5, 0.6) is 0 Å². The summed E-state index contributed by atoms with van der Waals surface area (Å²) < 4.78 is 5.24. The fourth-order valence-electron chi connectivity index (χ4n) is 1.94. The highest BCUT2D eigenvalue weighted by Crippen LogP contribution is 2.25. The molecule has 0 aliphatic carbocycles. The first kappa shape index (κ1) is 12.9. The Hall–Kier alpha value is -1.54. The van der Waals surface area contributed by atoms with Gasteiger partial charge in [-0.2, -0.15) is 0 Å². The summed E-state index contributed by atoms with van der Waals surface area (Å²) in [7, 11) is 0. The average molecular weight is 244 g/mol. The standard InChI is InChI=1S/C16H20O2/c1-16(2,3)13-8-6-12(7-9-13)15(17)11-14-5-4-10-18-14/h4-10,15,17H,11H2,1-3H3. The van der Waals surface area contributed by atoms with E-state index in [1.54, 1.807) is 6.26 Å². The Morgan fingerprint density at radius 3 is 2.28 bits per heavy atom. The Morgan fingerprint density at radius 1 is 1.11 bits per heavy atom. The molecular weight excluding hydrogens is 224 g/mol. The molecule has 1 heterocycles. The SMILES string of the molecule is CC(C)(C)c1ccc(C(O)Cc2ccco2)cc1. The minimum absolute atomic E-state index is 0.143. The Morgan fingerprint density at radius 2 is 1.78 bits per heavy atom. The molecule has 96 valence electrons. The van der Waals surface area contributed by atoms with E-state index < -0.39 is 6.10 Å². The van der Waals surface area contributed by atoms with Gasteiger partial charge < -0.3 is 9.52 Å². The van der Waals surface area contributed by atoms with E-state index >= 15 is 0 Å². The molecule has 1 aromatic heterocycles. The van der Waals surface area contributed by atoms with Crippen molar-refractivity contribution in [2.45, 2.75) is 38.7 Å². The molecule has 1 N–H and O–H groups in total. The summed E-state index contributed by atoms with van der Waals surface area (Å²) in [6, 6.07) is 11.9. The minimum Gasteiger partial charge on any atom is -0.469 e. The molecule has 1 aromatic carbocycles. The Bertz CT molecular complexity index is 475. The van der Waals surface area contributed by atoms with Gasteiger partial charge in [-0.15, -0.1) is 0 Å². The molecule has 2 nitrogen and oxygen atoms in total. The minimum atomic E-state index is -0.509. The predicted octanol–water partition coefficient (Wildman–Crippen LogP) is 3.85. The van der Waals surface area contributed by atoms with Crippen LogP contribution in [0.3, 0.4) is 0 Å². The molecule has 2 rings (SSSR count). The first-order chi connectivity index (χ1) is 8.47. The first-order valence-corrected chi connectivity index (χ1v) is 6.28. The van der Waals surface area contributed by atoms with Gasteiger partial charge in [-0.05, 0) is 28.7 Å². The van der Waals surface area contributed by atoms with E-state index in [9.17, 15) is 5.11 Å². The second-order valence-corrected chi connectivity index (χ2v) is 5.67. The molecule has 0 spiro atoms. The number of hydrogen-bond donors (Lipinski definition) is 1. The molecule has 0 bridgehead atoms. The molecule has 0 radical (unpaired) electrons. The van der Waals surface area contributed by atoms with Gasteiger partial charge in [0.25, 0.3) is 0 Å². The lowest BCUT2D eigenvalue weighted by atomic mass is 9.86. The lowest BCUT2D eigenvalue weighted by molar-refractivity contribution is 0.170. The third-order valence-electron chi connectivity index (χ3n) is 3.14. The number of furan rings is 1. The van der Waals surface area contributed by atoms with Crippen molar-refractivity contribution < 1.29 is 9.52 Å². The fraction of sp³-hybridized carbons (Fsp3) is 0.375. The van der Waals surface area contributed by atoms with Crippen LogP contribution in [0.4, 0.5) is 0 Å². The average Bonchev–Trinajstić information content (AvgIpc) is 2.81. The topological polar surface area (TPSA) is 33.4 Å². The Kier molecular flexibility index (Phi) is 3.58. The molecule has 2 aromatic rings. The van der Waals surface area contributed by atoms with E-state index in [0.29, 0.717) is 6.42 Å². The normalized spacial score (nSPS) is 13.6. The fourth-order valence-corrected chi connectivity index (χ4v) is 1.94. The van der Waals surface area contributed by atoms with Gasteiger partial charge in [0.05, 0.1) is 12.4 Å². The smallest absolute Gasteiger partial charge is 0.106 e. The maximum Gasteiger partial charge on any atom is 0.106 e. The van der Waals surface area contributed by atoms with Gasteiger partial charge in [-0.3, -0.25) is 0 Å². The second-order valence-electron chi connectivity index (χ2n) is 5.67. The van der Waals surface area contributed by atoms with E-state index in [4.69, 9.17) is 4.42 Å². The largest absolute Gasteiger partial charge is 0.469 e. The molecule has 0 saturated heterocycles. The van der Waals surface area contributed by atoms with E-state index in [1.807, 2.05) is 24.3 Å². The molecule has 0 fully saturated rings. The van der Waals surface area contributed by atoms with Crippen molar-refractivity contribution in [1.82, 2.24) is 0 Å². The lowest BCUT2D eigenvalue weighted by Crippen LogP contribution is -2.11. The summed E-state index contributed by atoms with van der Waals surface area (Å²) in [5.41, 5.74) is 2.35. The number of rotatable bonds is 3. The van der Waals surface area contributed by atoms with Crippen molar-refractivity contribution in [3.8, 4) is 0 Å². The van der Waals surface area contributed by atoms with Crippen LogP contribution >= 0.6 is 0 Å². The van der Waals surface area contributed by atoms with Gasteiger partial charge in [0.15, 0.2) is 0 Å². The van der Waals surface area contributed by atoms with Crippen molar-refractivity contribution in [2.75, 3.05) is 0 Å². The number of hydrogen-bond acceptors (Lipinski definition) is 2. The second kappa shape index (κ2) is 4.99. The molecule has 0 aliphatic heterocycles. The van der Waals surface area contributed by atoms with E-state index in [-0.39, 0.29) is 5.41 Å². The highest BCUT2D eigenvalue weighted by Gasteiger charge is 2.15. The predicted molar refractivity (Wildman–Crippen MR) is 72.5 cm³/mol. The van der Waals surface area contributed by atoms with Gasteiger partial charge in [-0.1, -0.05) is 45.0 Å². The zero-order valence-corrected chi connectivity index (χ0v) is 11.2. The number of benzene rings is 1. The Labute approximate surface area is 108 Å².